The number of hydrogen-bond acceptors (Lipinski definition) is 6. The molecule has 9 heteroatoms. The largest absolute Gasteiger partial charge is 0.467 e. The number of carbonyl (C=O) groups is 3. The number of rotatable bonds is 5. The standard InChI is InChI=1S/C23H32N4O5/c1-17-3-4-19-18(15-17)22(30)24-23(32-19)6-5-20(28)27(8-7-23)16-21(29)26-11-9-25(10-12-26)13-14-31-2/h3-4,15H,5-14,16H2,1-2H3,(H,24,30). The molecule has 1 aromatic rings. The van der Waals surface area contributed by atoms with Crippen LogP contribution in [0.5, 0.6) is 5.75 Å². The molecular formula is C23H32N4O5. The van der Waals surface area contributed by atoms with E-state index >= 15 is 0 Å². The fraction of sp³-hybridized carbons (Fsp3) is 0.609. The van der Waals surface area contributed by atoms with Gasteiger partial charge in [-0.25, -0.2) is 0 Å². The normalized spacial score (nSPS) is 24.1. The molecule has 1 spiro atoms. The highest BCUT2D eigenvalue weighted by molar-refractivity contribution is 5.98. The first kappa shape index (κ1) is 22.5. The van der Waals surface area contributed by atoms with E-state index in [1.807, 2.05) is 24.0 Å². The van der Waals surface area contributed by atoms with Crippen LogP contribution in [0, 0.1) is 6.92 Å². The summed E-state index contributed by atoms with van der Waals surface area (Å²) in [4.78, 5) is 44.0. The second-order valence-corrected chi connectivity index (χ2v) is 8.83. The number of amides is 3. The Morgan fingerprint density at radius 1 is 1.16 bits per heavy atom. The zero-order chi connectivity index (χ0) is 22.7. The van der Waals surface area contributed by atoms with Gasteiger partial charge >= 0.3 is 0 Å². The molecule has 9 nitrogen and oxygen atoms in total. The second kappa shape index (κ2) is 9.46. The summed E-state index contributed by atoms with van der Waals surface area (Å²) < 4.78 is 11.3. The van der Waals surface area contributed by atoms with Gasteiger partial charge in [-0.3, -0.25) is 19.3 Å². The van der Waals surface area contributed by atoms with Crippen LogP contribution >= 0.6 is 0 Å². The van der Waals surface area contributed by atoms with Crippen molar-refractivity contribution in [3.63, 3.8) is 0 Å². The predicted octanol–water partition coefficient (Wildman–Crippen LogP) is 0.617. The summed E-state index contributed by atoms with van der Waals surface area (Å²) in [7, 11) is 1.69. The van der Waals surface area contributed by atoms with Gasteiger partial charge in [0.05, 0.1) is 18.7 Å². The number of carbonyl (C=O) groups excluding carboxylic acids is 3. The Labute approximate surface area is 188 Å². The van der Waals surface area contributed by atoms with Crippen LogP contribution in [0.25, 0.3) is 0 Å². The number of nitrogens with zero attached hydrogens (tertiary/aromatic N) is 3. The lowest BCUT2D eigenvalue weighted by atomic mass is 9.99. The van der Waals surface area contributed by atoms with Gasteiger partial charge < -0.3 is 24.6 Å². The van der Waals surface area contributed by atoms with Crippen molar-refractivity contribution in [3.8, 4) is 5.75 Å². The molecule has 0 bridgehead atoms. The van der Waals surface area contributed by atoms with E-state index in [1.54, 1.807) is 18.1 Å². The van der Waals surface area contributed by atoms with Gasteiger partial charge in [-0.2, -0.15) is 0 Å². The Kier molecular flexibility index (Phi) is 6.66. The molecule has 1 aromatic carbocycles. The number of methoxy groups -OCH3 is 1. The minimum atomic E-state index is -0.917. The Hall–Kier alpha value is -2.65. The van der Waals surface area contributed by atoms with Crippen LogP contribution in [0.1, 0.15) is 35.2 Å². The molecule has 3 aliphatic rings. The van der Waals surface area contributed by atoms with Crippen molar-refractivity contribution in [1.29, 1.82) is 0 Å². The van der Waals surface area contributed by atoms with Crippen molar-refractivity contribution in [2.75, 3.05) is 59.5 Å². The molecule has 2 saturated heterocycles. The van der Waals surface area contributed by atoms with E-state index in [0.717, 1.165) is 25.2 Å². The lowest BCUT2D eigenvalue weighted by Crippen LogP contribution is -2.56. The Bertz CT molecular complexity index is 883. The summed E-state index contributed by atoms with van der Waals surface area (Å²) >= 11 is 0. The number of hydrogen-bond donors (Lipinski definition) is 1. The zero-order valence-electron chi connectivity index (χ0n) is 18.9. The lowest BCUT2D eigenvalue weighted by molar-refractivity contribution is -0.141. The first-order valence-electron chi connectivity index (χ1n) is 11.3. The SMILES string of the molecule is COCCN1CCN(C(=O)CN2CCC3(CCC2=O)NC(=O)c2cc(C)ccc2O3)CC1. The average Bonchev–Trinajstić information content (AvgIpc) is 2.93. The molecule has 0 radical (unpaired) electrons. The van der Waals surface area contributed by atoms with Gasteiger partial charge in [0.15, 0.2) is 5.72 Å². The van der Waals surface area contributed by atoms with E-state index < -0.39 is 5.72 Å². The van der Waals surface area contributed by atoms with Crippen molar-refractivity contribution in [2.45, 2.75) is 31.9 Å². The van der Waals surface area contributed by atoms with E-state index in [0.29, 0.717) is 50.4 Å². The van der Waals surface area contributed by atoms with Crippen molar-refractivity contribution < 1.29 is 23.9 Å². The van der Waals surface area contributed by atoms with Gasteiger partial charge in [-0.15, -0.1) is 0 Å². The minimum absolute atomic E-state index is 0.0323. The van der Waals surface area contributed by atoms with Crippen molar-refractivity contribution in [3.05, 3.63) is 29.3 Å². The fourth-order valence-corrected chi connectivity index (χ4v) is 4.55. The van der Waals surface area contributed by atoms with E-state index in [4.69, 9.17) is 9.47 Å². The molecule has 0 saturated carbocycles. The Balaban J connectivity index is 1.35. The highest BCUT2D eigenvalue weighted by Crippen LogP contribution is 2.34. The molecule has 174 valence electrons. The predicted molar refractivity (Wildman–Crippen MR) is 117 cm³/mol. The molecule has 0 aliphatic carbocycles. The molecule has 3 amide bonds. The number of fused-ring (bicyclic) bond motifs is 1. The molecule has 3 heterocycles. The van der Waals surface area contributed by atoms with Crippen molar-refractivity contribution >= 4 is 17.7 Å². The highest BCUT2D eigenvalue weighted by atomic mass is 16.5. The number of ether oxygens (including phenoxy) is 2. The number of likely N-dealkylation sites (tertiary alicyclic amines) is 1. The van der Waals surface area contributed by atoms with E-state index in [1.165, 1.54) is 0 Å². The van der Waals surface area contributed by atoms with Gasteiger partial charge in [0, 0.05) is 65.6 Å². The van der Waals surface area contributed by atoms with Gasteiger partial charge in [-0.05, 0) is 19.1 Å². The summed E-state index contributed by atoms with van der Waals surface area (Å²) in [6.07, 6.45) is 1.04. The van der Waals surface area contributed by atoms with Crippen LogP contribution < -0.4 is 10.1 Å². The average molecular weight is 445 g/mol. The number of nitrogens with one attached hydrogen (secondary N) is 1. The van der Waals surface area contributed by atoms with Crippen LogP contribution in [0.15, 0.2) is 18.2 Å². The summed E-state index contributed by atoms with van der Waals surface area (Å²) in [6, 6.07) is 5.53. The molecule has 1 unspecified atom stereocenters. The van der Waals surface area contributed by atoms with E-state index in [-0.39, 0.29) is 30.7 Å². The van der Waals surface area contributed by atoms with Gasteiger partial charge in [0.2, 0.25) is 11.8 Å². The Morgan fingerprint density at radius 2 is 1.94 bits per heavy atom. The monoisotopic (exact) mass is 444 g/mol. The second-order valence-electron chi connectivity index (χ2n) is 8.83. The summed E-state index contributed by atoms with van der Waals surface area (Å²) in [6.45, 7) is 6.83. The Morgan fingerprint density at radius 3 is 2.69 bits per heavy atom. The quantitative estimate of drug-likeness (QED) is 0.716. The highest BCUT2D eigenvalue weighted by Gasteiger charge is 2.43. The maximum atomic E-state index is 12.8. The maximum absolute atomic E-state index is 12.8. The maximum Gasteiger partial charge on any atom is 0.258 e. The smallest absolute Gasteiger partial charge is 0.258 e. The van der Waals surface area contributed by atoms with Crippen LogP contribution in [0.2, 0.25) is 0 Å². The molecular weight excluding hydrogens is 412 g/mol. The van der Waals surface area contributed by atoms with Crippen LogP contribution in [0.3, 0.4) is 0 Å². The summed E-state index contributed by atoms with van der Waals surface area (Å²) in [5, 5.41) is 2.98. The molecule has 1 N–H and O–H groups in total. The summed E-state index contributed by atoms with van der Waals surface area (Å²) in [5.74, 6) is 0.248. The van der Waals surface area contributed by atoms with Crippen LogP contribution in [-0.2, 0) is 14.3 Å². The van der Waals surface area contributed by atoms with E-state index in [9.17, 15) is 14.4 Å². The molecule has 0 aromatic heterocycles. The minimum Gasteiger partial charge on any atom is -0.467 e. The fourth-order valence-electron chi connectivity index (χ4n) is 4.55. The molecule has 32 heavy (non-hydrogen) atoms. The van der Waals surface area contributed by atoms with Crippen LogP contribution in [0.4, 0.5) is 0 Å². The number of aryl methyl sites for hydroxylation is 1. The third-order valence-electron chi connectivity index (χ3n) is 6.57. The topological polar surface area (TPSA) is 91.4 Å². The van der Waals surface area contributed by atoms with Gasteiger partial charge in [-0.1, -0.05) is 11.6 Å². The zero-order valence-corrected chi connectivity index (χ0v) is 18.9. The molecule has 1 atom stereocenters. The molecule has 4 rings (SSSR count). The van der Waals surface area contributed by atoms with Crippen molar-refractivity contribution in [2.24, 2.45) is 0 Å². The van der Waals surface area contributed by atoms with Crippen molar-refractivity contribution in [1.82, 2.24) is 20.0 Å². The van der Waals surface area contributed by atoms with E-state index in [2.05, 4.69) is 10.2 Å². The van der Waals surface area contributed by atoms with Gasteiger partial charge in [0.25, 0.3) is 5.91 Å². The number of benzene rings is 1. The third kappa shape index (κ3) is 4.88. The van der Waals surface area contributed by atoms with Crippen LogP contribution in [-0.4, -0.2) is 97.7 Å². The molecule has 3 aliphatic heterocycles. The first-order chi connectivity index (χ1) is 15.4. The molecule has 2 fully saturated rings. The number of piperazine rings is 1. The third-order valence-corrected chi connectivity index (χ3v) is 6.57. The van der Waals surface area contributed by atoms with Gasteiger partial charge in [0.1, 0.15) is 5.75 Å². The summed E-state index contributed by atoms with van der Waals surface area (Å²) in [5.41, 5.74) is 0.585. The lowest BCUT2D eigenvalue weighted by Gasteiger charge is -2.38. The first-order valence-corrected chi connectivity index (χ1v) is 11.3.